The Kier molecular flexibility index (Phi) is 4.56. The molecule has 96 valence electrons. The molecule has 0 aliphatic heterocycles. The van der Waals surface area contributed by atoms with Gasteiger partial charge in [0.15, 0.2) is 0 Å². The van der Waals surface area contributed by atoms with Crippen molar-refractivity contribution in [3.63, 3.8) is 0 Å². The van der Waals surface area contributed by atoms with Gasteiger partial charge in [0, 0.05) is 17.5 Å². The van der Waals surface area contributed by atoms with E-state index in [1.165, 1.54) is 18.4 Å². The summed E-state index contributed by atoms with van der Waals surface area (Å²) < 4.78 is 0. The van der Waals surface area contributed by atoms with Crippen LogP contribution in [0.25, 0.3) is 10.9 Å². The van der Waals surface area contributed by atoms with E-state index in [-0.39, 0.29) is 0 Å². The number of unbranched alkanes of at least 4 members (excludes halogenated alkanes) is 1. The summed E-state index contributed by atoms with van der Waals surface area (Å²) in [6.45, 7) is 6.06. The molecule has 0 bridgehead atoms. The average molecular weight is 263 g/mol. The number of hydrogen-bond acceptors (Lipinski definition) is 2. The highest BCUT2D eigenvalue weighted by molar-refractivity contribution is 6.30. The molecule has 1 aromatic heterocycles. The third-order valence-electron chi connectivity index (χ3n) is 3.10. The first-order valence-electron chi connectivity index (χ1n) is 6.48. The molecule has 0 saturated heterocycles. The van der Waals surface area contributed by atoms with Crippen molar-refractivity contribution in [3.05, 3.63) is 40.5 Å². The maximum atomic E-state index is 6.24. The Morgan fingerprint density at radius 1 is 1.33 bits per heavy atom. The Morgan fingerprint density at radius 3 is 2.94 bits per heavy atom. The zero-order valence-corrected chi connectivity index (χ0v) is 11.7. The molecule has 0 spiro atoms. The van der Waals surface area contributed by atoms with E-state index in [1.807, 2.05) is 0 Å². The highest BCUT2D eigenvalue weighted by Gasteiger charge is 2.06. The molecule has 1 aromatic carbocycles. The number of benzene rings is 1. The lowest BCUT2D eigenvalue weighted by Gasteiger charge is -2.08. The quantitative estimate of drug-likeness (QED) is 0.649. The van der Waals surface area contributed by atoms with Crippen molar-refractivity contribution in [2.45, 2.75) is 33.2 Å². The number of rotatable bonds is 5. The van der Waals surface area contributed by atoms with Crippen LogP contribution in [0.3, 0.4) is 0 Å². The van der Waals surface area contributed by atoms with Crippen LogP contribution in [0.4, 0.5) is 0 Å². The zero-order valence-electron chi connectivity index (χ0n) is 11.0. The van der Waals surface area contributed by atoms with Crippen molar-refractivity contribution in [2.75, 3.05) is 6.54 Å². The lowest BCUT2D eigenvalue weighted by Crippen LogP contribution is -2.15. The van der Waals surface area contributed by atoms with Gasteiger partial charge in [-0.15, -0.1) is 0 Å². The van der Waals surface area contributed by atoms with E-state index < -0.39 is 0 Å². The van der Waals surface area contributed by atoms with Gasteiger partial charge in [-0.1, -0.05) is 43.1 Å². The Balaban J connectivity index is 2.21. The van der Waals surface area contributed by atoms with E-state index in [0.717, 1.165) is 29.6 Å². The van der Waals surface area contributed by atoms with Gasteiger partial charge in [0.1, 0.15) is 5.15 Å². The van der Waals surface area contributed by atoms with Crippen molar-refractivity contribution in [1.29, 1.82) is 0 Å². The molecule has 0 fully saturated rings. The SMILES string of the molecule is CCCCNCc1cc2cccc(C)c2nc1Cl. The van der Waals surface area contributed by atoms with Crippen LogP contribution in [0.5, 0.6) is 0 Å². The van der Waals surface area contributed by atoms with Crippen LogP contribution in [0.15, 0.2) is 24.3 Å². The lowest BCUT2D eigenvalue weighted by atomic mass is 10.1. The lowest BCUT2D eigenvalue weighted by molar-refractivity contribution is 0.641. The summed E-state index contributed by atoms with van der Waals surface area (Å²) in [6, 6.07) is 8.34. The van der Waals surface area contributed by atoms with E-state index in [9.17, 15) is 0 Å². The number of halogens is 1. The van der Waals surface area contributed by atoms with E-state index in [0.29, 0.717) is 5.15 Å². The Hall–Kier alpha value is -1.12. The molecule has 0 amide bonds. The fraction of sp³-hybridized carbons (Fsp3) is 0.400. The normalized spacial score (nSPS) is 11.1. The van der Waals surface area contributed by atoms with Gasteiger partial charge in [-0.25, -0.2) is 4.98 Å². The molecule has 2 aromatic rings. The predicted octanol–water partition coefficient (Wildman–Crippen LogP) is 4.09. The molecule has 1 N–H and O–H groups in total. The molecule has 0 aliphatic rings. The summed E-state index contributed by atoms with van der Waals surface area (Å²) in [5, 5.41) is 5.17. The summed E-state index contributed by atoms with van der Waals surface area (Å²) in [6.07, 6.45) is 2.40. The van der Waals surface area contributed by atoms with Crippen LogP contribution in [0, 0.1) is 6.92 Å². The second-order valence-corrected chi connectivity index (χ2v) is 4.97. The van der Waals surface area contributed by atoms with Crippen molar-refractivity contribution in [2.24, 2.45) is 0 Å². The third kappa shape index (κ3) is 3.01. The average Bonchev–Trinajstić information content (AvgIpc) is 2.36. The third-order valence-corrected chi connectivity index (χ3v) is 3.42. The maximum absolute atomic E-state index is 6.24. The summed E-state index contributed by atoms with van der Waals surface area (Å²) in [4.78, 5) is 4.50. The number of pyridine rings is 1. The van der Waals surface area contributed by atoms with E-state index >= 15 is 0 Å². The molecule has 0 aliphatic carbocycles. The minimum atomic E-state index is 0.612. The number of aromatic nitrogens is 1. The molecule has 0 unspecified atom stereocenters. The van der Waals surface area contributed by atoms with Crippen LogP contribution in [0.2, 0.25) is 5.15 Å². The summed E-state index contributed by atoms with van der Waals surface area (Å²) in [5.41, 5.74) is 3.24. The second-order valence-electron chi connectivity index (χ2n) is 4.62. The number of nitrogens with one attached hydrogen (secondary N) is 1. The van der Waals surface area contributed by atoms with E-state index in [4.69, 9.17) is 11.6 Å². The van der Waals surface area contributed by atoms with Crippen LogP contribution >= 0.6 is 11.6 Å². The van der Waals surface area contributed by atoms with Crippen molar-refractivity contribution in [3.8, 4) is 0 Å². The topological polar surface area (TPSA) is 24.9 Å². The largest absolute Gasteiger partial charge is 0.313 e. The van der Waals surface area contributed by atoms with Crippen LogP contribution in [-0.2, 0) is 6.54 Å². The van der Waals surface area contributed by atoms with E-state index in [1.54, 1.807) is 0 Å². The summed E-state index contributed by atoms with van der Waals surface area (Å²) in [7, 11) is 0. The van der Waals surface area contributed by atoms with Crippen molar-refractivity contribution >= 4 is 22.5 Å². The molecule has 0 radical (unpaired) electrons. The predicted molar refractivity (Wildman–Crippen MR) is 78.1 cm³/mol. The van der Waals surface area contributed by atoms with Gasteiger partial charge in [-0.2, -0.15) is 0 Å². The first-order chi connectivity index (χ1) is 8.72. The first-order valence-corrected chi connectivity index (χ1v) is 6.85. The summed E-state index contributed by atoms with van der Waals surface area (Å²) >= 11 is 6.24. The van der Waals surface area contributed by atoms with Crippen LogP contribution in [0.1, 0.15) is 30.9 Å². The molecular formula is C15H19ClN2. The zero-order chi connectivity index (χ0) is 13.0. The molecule has 0 atom stereocenters. The molecule has 2 nitrogen and oxygen atoms in total. The Labute approximate surface area is 113 Å². The number of para-hydroxylation sites is 1. The standard InChI is InChI=1S/C15H19ClN2/c1-3-4-8-17-10-13-9-12-7-5-6-11(2)14(12)18-15(13)16/h5-7,9,17H,3-4,8,10H2,1-2H3. The Morgan fingerprint density at radius 2 is 2.17 bits per heavy atom. The van der Waals surface area contributed by atoms with Gasteiger partial charge in [-0.3, -0.25) is 0 Å². The van der Waals surface area contributed by atoms with Crippen molar-refractivity contribution < 1.29 is 0 Å². The Bertz CT molecular complexity index is 537. The number of hydrogen-bond donors (Lipinski definition) is 1. The smallest absolute Gasteiger partial charge is 0.134 e. The van der Waals surface area contributed by atoms with Crippen molar-refractivity contribution in [1.82, 2.24) is 10.3 Å². The van der Waals surface area contributed by atoms with Gasteiger partial charge in [-0.05, 0) is 31.5 Å². The molecular weight excluding hydrogens is 244 g/mol. The van der Waals surface area contributed by atoms with Gasteiger partial charge in [0.2, 0.25) is 0 Å². The van der Waals surface area contributed by atoms with Gasteiger partial charge in [0.25, 0.3) is 0 Å². The fourth-order valence-electron chi connectivity index (χ4n) is 2.02. The van der Waals surface area contributed by atoms with Gasteiger partial charge >= 0.3 is 0 Å². The maximum Gasteiger partial charge on any atom is 0.134 e. The van der Waals surface area contributed by atoms with Crippen LogP contribution < -0.4 is 5.32 Å². The number of fused-ring (bicyclic) bond motifs is 1. The second kappa shape index (κ2) is 6.17. The minimum Gasteiger partial charge on any atom is -0.313 e. The molecule has 1 heterocycles. The van der Waals surface area contributed by atoms with Crippen LogP contribution in [-0.4, -0.2) is 11.5 Å². The van der Waals surface area contributed by atoms with Gasteiger partial charge < -0.3 is 5.32 Å². The highest BCUT2D eigenvalue weighted by atomic mass is 35.5. The fourth-order valence-corrected chi connectivity index (χ4v) is 2.22. The molecule has 0 saturated carbocycles. The first kappa shape index (κ1) is 13.3. The molecule has 3 heteroatoms. The molecule has 18 heavy (non-hydrogen) atoms. The highest BCUT2D eigenvalue weighted by Crippen LogP contribution is 2.22. The number of aryl methyl sites for hydroxylation is 1. The van der Waals surface area contributed by atoms with Gasteiger partial charge in [0.05, 0.1) is 5.52 Å². The summed E-state index contributed by atoms with van der Waals surface area (Å²) in [5.74, 6) is 0. The molecule has 2 rings (SSSR count). The monoisotopic (exact) mass is 262 g/mol. The van der Waals surface area contributed by atoms with E-state index in [2.05, 4.69) is 48.4 Å². The minimum absolute atomic E-state index is 0.612. The number of nitrogens with zero attached hydrogens (tertiary/aromatic N) is 1.